The van der Waals surface area contributed by atoms with Crippen LogP contribution in [-0.2, 0) is 11.2 Å². The number of carbonyl (C=O) groups is 3. The van der Waals surface area contributed by atoms with Gasteiger partial charge in [0.25, 0.3) is 0 Å². The van der Waals surface area contributed by atoms with E-state index in [1.807, 2.05) is 12.1 Å². The van der Waals surface area contributed by atoms with Gasteiger partial charge in [-0.3, -0.25) is 9.59 Å². The van der Waals surface area contributed by atoms with E-state index in [-0.39, 0.29) is 5.97 Å². The van der Waals surface area contributed by atoms with Crippen molar-refractivity contribution in [2.75, 3.05) is 6.61 Å². The first-order chi connectivity index (χ1) is 22.6. The second-order valence-electron chi connectivity index (χ2n) is 11.6. The number of nitrogens with zero attached hydrogens (tertiary/aromatic N) is 2. The molecular formula is C37H50N2O4S3. The Hall–Kier alpha value is -2.75. The number of hydrogen-bond donors (Lipinski definition) is 0. The minimum absolute atomic E-state index is 0.346. The van der Waals surface area contributed by atoms with E-state index in [0.29, 0.717) is 33.3 Å². The van der Waals surface area contributed by atoms with Crippen molar-refractivity contribution in [3.8, 4) is 0 Å². The van der Waals surface area contributed by atoms with Crippen LogP contribution in [-0.4, -0.2) is 37.6 Å². The van der Waals surface area contributed by atoms with E-state index in [1.165, 1.54) is 105 Å². The number of ether oxygens (including phenoxy) is 1. The van der Waals surface area contributed by atoms with Crippen LogP contribution in [0.2, 0.25) is 0 Å². The summed E-state index contributed by atoms with van der Waals surface area (Å²) in [7, 11) is 0. The smallest absolute Gasteiger partial charge is 0.341 e. The average molecular weight is 683 g/mol. The molecule has 0 spiro atoms. The third-order valence-corrected chi connectivity index (χ3v) is 10.8. The Balaban J connectivity index is 1.80. The van der Waals surface area contributed by atoms with E-state index in [1.54, 1.807) is 24.6 Å². The molecule has 0 fully saturated rings. The standard InChI is InChI=1S/C37H50N2O4S3/c1-3-5-7-9-11-13-15-17-19-33-34(37(42)43-24-18-16-14-12-10-8-6-4-2)36(39-26-30-21-23-32(28-41)45-30)46-35(33)38-25-29-20-22-31(27-40)44-29/h20-23,25-28H,3-19,24H2,1-2H3. The maximum Gasteiger partial charge on any atom is 0.341 e. The summed E-state index contributed by atoms with van der Waals surface area (Å²) in [5, 5.41) is 1.32. The largest absolute Gasteiger partial charge is 0.462 e. The van der Waals surface area contributed by atoms with E-state index in [4.69, 9.17) is 14.7 Å². The van der Waals surface area contributed by atoms with Crippen LogP contribution < -0.4 is 0 Å². The molecule has 6 nitrogen and oxygen atoms in total. The zero-order valence-electron chi connectivity index (χ0n) is 27.6. The maximum absolute atomic E-state index is 13.7. The molecule has 46 heavy (non-hydrogen) atoms. The maximum atomic E-state index is 13.7. The minimum Gasteiger partial charge on any atom is -0.462 e. The van der Waals surface area contributed by atoms with Crippen LogP contribution in [0.3, 0.4) is 0 Å². The molecule has 0 atom stereocenters. The van der Waals surface area contributed by atoms with Gasteiger partial charge in [-0.1, -0.05) is 115 Å². The quantitative estimate of drug-likeness (QED) is 0.0385. The molecule has 0 aliphatic rings. The van der Waals surface area contributed by atoms with Gasteiger partial charge in [0, 0.05) is 27.7 Å². The predicted octanol–water partition coefficient (Wildman–Crippen LogP) is 12.0. The molecular weight excluding hydrogens is 633 g/mol. The molecule has 0 aliphatic heterocycles. The molecule has 250 valence electrons. The molecule has 0 radical (unpaired) electrons. The molecule has 0 aromatic carbocycles. The van der Waals surface area contributed by atoms with E-state index < -0.39 is 0 Å². The van der Waals surface area contributed by atoms with Crippen molar-refractivity contribution in [1.29, 1.82) is 0 Å². The lowest BCUT2D eigenvalue weighted by Gasteiger charge is -2.08. The van der Waals surface area contributed by atoms with E-state index in [9.17, 15) is 14.4 Å². The molecule has 3 rings (SSSR count). The van der Waals surface area contributed by atoms with Crippen molar-refractivity contribution in [3.63, 3.8) is 0 Å². The third-order valence-electron chi connectivity index (χ3n) is 7.83. The lowest BCUT2D eigenvalue weighted by molar-refractivity contribution is 0.0497. The molecule has 0 saturated carbocycles. The molecule has 3 heterocycles. The van der Waals surface area contributed by atoms with Crippen LogP contribution in [0.25, 0.3) is 0 Å². The van der Waals surface area contributed by atoms with Crippen molar-refractivity contribution in [1.82, 2.24) is 0 Å². The van der Waals surface area contributed by atoms with Crippen LogP contribution in [0.4, 0.5) is 10.0 Å². The third kappa shape index (κ3) is 13.5. The van der Waals surface area contributed by atoms with Gasteiger partial charge in [0.2, 0.25) is 0 Å². The number of aldehydes is 2. The number of unbranched alkanes of at least 4 members (excludes halogenated alkanes) is 14. The lowest BCUT2D eigenvalue weighted by Crippen LogP contribution is -2.08. The Morgan fingerprint density at radius 1 is 0.609 bits per heavy atom. The summed E-state index contributed by atoms with van der Waals surface area (Å²) in [5.41, 5.74) is 1.38. The summed E-state index contributed by atoms with van der Waals surface area (Å²) in [5.74, 6) is -0.346. The monoisotopic (exact) mass is 682 g/mol. The van der Waals surface area contributed by atoms with Crippen molar-refractivity contribution in [2.45, 2.75) is 123 Å². The number of esters is 1. The van der Waals surface area contributed by atoms with Crippen molar-refractivity contribution in [3.05, 3.63) is 54.9 Å². The normalized spacial score (nSPS) is 11.6. The molecule has 0 unspecified atom stereocenters. The van der Waals surface area contributed by atoms with Crippen LogP contribution in [0, 0.1) is 0 Å². The first kappa shape index (κ1) is 37.7. The highest BCUT2D eigenvalue weighted by atomic mass is 32.1. The molecule has 0 N–H and O–H groups in total. The second kappa shape index (κ2) is 22.7. The van der Waals surface area contributed by atoms with Gasteiger partial charge in [-0.15, -0.1) is 22.7 Å². The Morgan fingerprint density at radius 3 is 1.57 bits per heavy atom. The lowest BCUT2D eigenvalue weighted by atomic mass is 10.0. The van der Waals surface area contributed by atoms with Crippen molar-refractivity contribution >= 4 is 75.0 Å². The van der Waals surface area contributed by atoms with Gasteiger partial charge in [-0.05, 0) is 43.5 Å². The van der Waals surface area contributed by atoms with Crippen molar-refractivity contribution in [2.24, 2.45) is 9.98 Å². The number of aliphatic imine (C=N–C) groups is 2. The summed E-state index contributed by atoms with van der Waals surface area (Å²) in [4.78, 5) is 48.7. The first-order valence-electron chi connectivity index (χ1n) is 17.1. The number of thiophene rings is 3. The number of carbonyl (C=O) groups excluding carboxylic acids is 3. The molecule has 0 aliphatic carbocycles. The van der Waals surface area contributed by atoms with Gasteiger partial charge in [-0.25, -0.2) is 14.8 Å². The SMILES string of the molecule is CCCCCCCCCCOC(=O)c1c(N=Cc2ccc(C=O)s2)sc(N=Cc2ccc(C=O)s2)c1CCCCCCCCCC. The summed E-state index contributed by atoms with van der Waals surface area (Å²) in [6, 6.07) is 7.29. The highest BCUT2D eigenvalue weighted by molar-refractivity contribution is 7.20. The molecule has 3 aromatic heterocycles. The Bertz CT molecular complexity index is 1380. The predicted molar refractivity (Wildman–Crippen MR) is 197 cm³/mol. The van der Waals surface area contributed by atoms with E-state index >= 15 is 0 Å². The minimum atomic E-state index is -0.346. The van der Waals surface area contributed by atoms with Crippen LogP contribution in [0.1, 0.15) is 162 Å². The average Bonchev–Trinajstić information content (AvgIpc) is 3.81. The van der Waals surface area contributed by atoms with Crippen LogP contribution >= 0.6 is 34.0 Å². The molecule has 0 saturated heterocycles. The van der Waals surface area contributed by atoms with Gasteiger partial charge in [0.15, 0.2) is 12.6 Å². The van der Waals surface area contributed by atoms with Crippen molar-refractivity contribution < 1.29 is 19.1 Å². The van der Waals surface area contributed by atoms with Gasteiger partial charge >= 0.3 is 5.97 Å². The Labute approximate surface area is 287 Å². The number of hydrogen-bond acceptors (Lipinski definition) is 9. The van der Waals surface area contributed by atoms with Crippen LogP contribution in [0.5, 0.6) is 0 Å². The summed E-state index contributed by atoms with van der Waals surface area (Å²) < 4.78 is 5.87. The highest BCUT2D eigenvalue weighted by Gasteiger charge is 2.24. The van der Waals surface area contributed by atoms with Gasteiger partial charge in [0.05, 0.1) is 16.4 Å². The fraction of sp³-hybridized carbons (Fsp3) is 0.541. The zero-order valence-corrected chi connectivity index (χ0v) is 30.0. The van der Waals surface area contributed by atoms with E-state index in [0.717, 1.165) is 65.0 Å². The Morgan fingerprint density at radius 2 is 1.07 bits per heavy atom. The number of rotatable bonds is 25. The van der Waals surface area contributed by atoms with Gasteiger partial charge < -0.3 is 4.74 Å². The van der Waals surface area contributed by atoms with Gasteiger partial charge in [0.1, 0.15) is 15.6 Å². The molecule has 0 amide bonds. The molecule has 3 aromatic rings. The summed E-state index contributed by atoms with van der Waals surface area (Å²) in [6.45, 7) is 4.86. The summed E-state index contributed by atoms with van der Waals surface area (Å²) in [6.07, 6.45) is 24.8. The van der Waals surface area contributed by atoms with Gasteiger partial charge in [-0.2, -0.15) is 0 Å². The molecule has 0 bridgehead atoms. The topological polar surface area (TPSA) is 85.2 Å². The fourth-order valence-electron chi connectivity index (χ4n) is 5.23. The zero-order chi connectivity index (χ0) is 32.8. The van der Waals surface area contributed by atoms with Crippen LogP contribution in [0.15, 0.2) is 34.3 Å². The summed E-state index contributed by atoms with van der Waals surface area (Å²) >= 11 is 4.12. The van der Waals surface area contributed by atoms with E-state index in [2.05, 4.69) is 13.8 Å². The fourth-order valence-corrected chi connectivity index (χ4v) is 7.66. The highest BCUT2D eigenvalue weighted by Crippen LogP contribution is 2.43. The second-order valence-corrected chi connectivity index (χ2v) is 14.9. The molecule has 9 heteroatoms. The first-order valence-corrected chi connectivity index (χ1v) is 19.6. The Kier molecular flexibility index (Phi) is 18.6.